The third kappa shape index (κ3) is 3.72. The summed E-state index contributed by atoms with van der Waals surface area (Å²) in [6.07, 6.45) is 0. The first kappa shape index (κ1) is 16.2. The molecule has 0 unspecified atom stereocenters. The second-order valence-electron chi connectivity index (χ2n) is 4.40. The second-order valence-corrected chi connectivity index (χ2v) is 6.44. The summed E-state index contributed by atoms with van der Waals surface area (Å²) in [5.41, 5.74) is 7.63. The van der Waals surface area contributed by atoms with Gasteiger partial charge in [0.2, 0.25) is 0 Å². The predicted molar refractivity (Wildman–Crippen MR) is 99.2 cm³/mol. The zero-order chi connectivity index (χ0) is 15.6. The molecule has 0 fully saturated rings. The van der Waals surface area contributed by atoms with Crippen molar-refractivity contribution in [2.24, 2.45) is 5.73 Å². The van der Waals surface area contributed by atoms with Crippen molar-refractivity contribution in [2.75, 3.05) is 11.9 Å². The van der Waals surface area contributed by atoms with Crippen molar-refractivity contribution < 1.29 is 4.79 Å². The largest absolute Gasteiger partial charge is 0.389 e. The lowest BCUT2D eigenvalue weighted by atomic mass is 10.1. The normalized spacial score (nSPS) is 10.2. The van der Waals surface area contributed by atoms with Gasteiger partial charge in [-0.15, -0.1) is 0 Å². The molecule has 2 aromatic carbocycles. The number of hydrogen-bond donors (Lipinski definition) is 1. The SMILES string of the molecule is CN(C(=O)c1cc(Cl)ccc1I)c1cccc(C(N)=S)c1. The van der Waals surface area contributed by atoms with Gasteiger partial charge in [-0.2, -0.15) is 0 Å². The monoisotopic (exact) mass is 430 g/mol. The first-order valence-corrected chi connectivity index (χ1v) is 7.89. The quantitative estimate of drug-likeness (QED) is 0.594. The average molecular weight is 431 g/mol. The molecule has 108 valence electrons. The first-order valence-electron chi connectivity index (χ1n) is 6.03. The molecule has 0 spiro atoms. The van der Waals surface area contributed by atoms with E-state index in [2.05, 4.69) is 22.6 Å². The van der Waals surface area contributed by atoms with Crippen LogP contribution in [0.25, 0.3) is 0 Å². The Morgan fingerprint density at radius 2 is 2.00 bits per heavy atom. The summed E-state index contributed by atoms with van der Waals surface area (Å²) in [6.45, 7) is 0. The Morgan fingerprint density at radius 1 is 1.29 bits per heavy atom. The Balaban J connectivity index is 2.37. The zero-order valence-electron chi connectivity index (χ0n) is 11.1. The molecule has 6 heteroatoms. The van der Waals surface area contributed by atoms with Gasteiger partial charge in [0.15, 0.2) is 0 Å². The van der Waals surface area contributed by atoms with Crippen LogP contribution in [-0.2, 0) is 0 Å². The minimum Gasteiger partial charge on any atom is -0.389 e. The molecule has 0 aliphatic heterocycles. The van der Waals surface area contributed by atoms with Gasteiger partial charge in [-0.25, -0.2) is 0 Å². The minimum atomic E-state index is -0.137. The van der Waals surface area contributed by atoms with E-state index >= 15 is 0 Å². The van der Waals surface area contributed by atoms with E-state index in [0.29, 0.717) is 15.6 Å². The standard InChI is InChI=1S/C15H12ClIN2OS/c1-19(11-4-2-3-9(7-11)14(18)21)15(20)12-8-10(16)5-6-13(12)17/h2-8H,1H3,(H2,18,21). The van der Waals surface area contributed by atoms with Gasteiger partial charge in [0.1, 0.15) is 4.99 Å². The number of carbonyl (C=O) groups is 1. The van der Waals surface area contributed by atoms with Crippen LogP contribution in [0, 0.1) is 3.57 Å². The van der Waals surface area contributed by atoms with Crippen molar-refractivity contribution in [1.82, 2.24) is 0 Å². The number of rotatable bonds is 3. The van der Waals surface area contributed by atoms with Crippen LogP contribution in [0.2, 0.25) is 5.02 Å². The average Bonchev–Trinajstić information content (AvgIpc) is 2.48. The summed E-state index contributed by atoms with van der Waals surface area (Å²) < 4.78 is 0.847. The number of thiocarbonyl (C=S) groups is 1. The van der Waals surface area contributed by atoms with Gasteiger partial charge in [0.25, 0.3) is 5.91 Å². The molecule has 0 saturated heterocycles. The van der Waals surface area contributed by atoms with Gasteiger partial charge in [0, 0.05) is 26.9 Å². The number of hydrogen-bond acceptors (Lipinski definition) is 2. The highest BCUT2D eigenvalue weighted by molar-refractivity contribution is 14.1. The van der Waals surface area contributed by atoms with E-state index in [-0.39, 0.29) is 5.91 Å². The lowest BCUT2D eigenvalue weighted by Crippen LogP contribution is -2.27. The van der Waals surface area contributed by atoms with Gasteiger partial charge in [-0.1, -0.05) is 36.0 Å². The fourth-order valence-corrected chi connectivity index (χ4v) is 2.69. The number of carbonyl (C=O) groups excluding carboxylic acids is 1. The van der Waals surface area contributed by atoms with Gasteiger partial charge in [0.05, 0.1) is 5.56 Å². The Hall–Kier alpha value is -1.18. The maximum absolute atomic E-state index is 12.6. The zero-order valence-corrected chi connectivity index (χ0v) is 14.9. The van der Waals surface area contributed by atoms with Crippen LogP contribution in [0.5, 0.6) is 0 Å². The summed E-state index contributed by atoms with van der Waals surface area (Å²) in [5, 5.41) is 0.532. The van der Waals surface area contributed by atoms with Crippen molar-refractivity contribution >= 4 is 63.0 Å². The van der Waals surface area contributed by atoms with E-state index in [1.165, 1.54) is 0 Å². The van der Waals surface area contributed by atoms with E-state index in [9.17, 15) is 4.79 Å². The van der Waals surface area contributed by atoms with Crippen LogP contribution >= 0.6 is 46.4 Å². The Bertz CT molecular complexity index is 721. The van der Waals surface area contributed by atoms with Crippen LogP contribution in [0.15, 0.2) is 42.5 Å². The third-order valence-electron chi connectivity index (χ3n) is 2.98. The van der Waals surface area contributed by atoms with E-state index in [4.69, 9.17) is 29.6 Å². The fourth-order valence-electron chi connectivity index (χ4n) is 1.83. The molecule has 2 aromatic rings. The van der Waals surface area contributed by atoms with E-state index in [1.54, 1.807) is 30.1 Å². The summed E-state index contributed by atoms with van der Waals surface area (Å²) in [7, 11) is 1.71. The second kappa shape index (κ2) is 6.72. The van der Waals surface area contributed by atoms with Gasteiger partial charge in [-0.3, -0.25) is 4.79 Å². The summed E-state index contributed by atoms with van der Waals surface area (Å²) in [4.78, 5) is 14.4. The van der Waals surface area contributed by atoms with Crippen molar-refractivity contribution in [2.45, 2.75) is 0 Å². The number of amides is 1. The molecule has 0 atom stereocenters. The summed E-state index contributed by atoms with van der Waals surface area (Å²) in [5.74, 6) is -0.137. The van der Waals surface area contributed by atoms with E-state index < -0.39 is 0 Å². The number of nitrogens with zero attached hydrogens (tertiary/aromatic N) is 1. The van der Waals surface area contributed by atoms with Crippen molar-refractivity contribution in [3.05, 3.63) is 62.2 Å². The van der Waals surface area contributed by atoms with Crippen molar-refractivity contribution in [1.29, 1.82) is 0 Å². The predicted octanol–water partition coefficient (Wildman–Crippen LogP) is 3.86. The molecular formula is C15H12ClIN2OS. The molecule has 2 rings (SSSR count). The molecule has 3 nitrogen and oxygen atoms in total. The van der Waals surface area contributed by atoms with Crippen LogP contribution in [0.1, 0.15) is 15.9 Å². The van der Waals surface area contributed by atoms with Crippen LogP contribution in [-0.4, -0.2) is 17.9 Å². The summed E-state index contributed by atoms with van der Waals surface area (Å²) in [6, 6.07) is 12.5. The van der Waals surface area contributed by atoms with Crippen LogP contribution < -0.4 is 10.6 Å². The fraction of sp³-hybridized carbons (Fsp3) is 0.0667. The smallest absolute Gasteiger partial charge is 0.259 e. The molecule has 1 amide bonds. The lowest BCUT2D eigenvalue weighted by molar-refractivity contribution is 0.0992. The number of halogens is 2. The van der Waals surface area contributed by atoms with Crippen LogP contribution in [0.4, 0.5) is 5.69 Å². The number of nitrogens with two attached hydrogens (primary N) is 1. The molecular weight excluding hydrogens is 419 g/mol. The van der Waals surface area contributed by atoms with Gasteiger partial charge in [-0.05, 0) is 52.9 Å². The molecule has 21 heavy (non-hydrogen) atoms. The Kier molecular flexibility index (Phi) is 5.18. The lowest BCUT2D eigenvalue weighted by Gasteiger charge is -2.19. The molecule has 2 N–H and O–H groups in total. The molecule has 0 aliphatic carbocycles. The highest BCUT2D eigenvalue weighted by Crippen LogP contribution is 2.22. The van der Waals surface area contributed by atoms with E-state index in [1.807, 2.05) is 24.3 Å². The minimum absolute atomic E-state index is 0.137. The number of benzene rings is 2. The molecule has 0 aliphatic rings. The molecule has 0 radical (unpaired) electrons. The van der Waals surface area contributed by atoms with Crippen molar-refractivity contribution in [3.8, 4) is 0 Å². The Labute approximate surface area is 147 Å². The highest BCUT2D eigenvalue weighted by Gasteiger charge is 2.17. The Morgan fingerprint density at radius 3 is 2.67 bits per heavy atom. The van der Waals surface area contributed by atoms with Crippen LogP contribution in [0.3, 0.4) is 0 Å². The molecule has 0 heterocycles. The maximum Gasteiger partial charge on any atom is 0.259 e. The highest BCUT2D eigenvalue weighted by atomic mass is 127. The van der Waals surface area contributed by atoms with Gasteiger partial charge < -0.3 is 10.6 Å². The molecule has 0 saturated carbocycles. The topological polar surface area (TPSA) is 46.3 Å². The van der Waals surface area contributed by atoms with E-state index in [0.717, 1.165) is 14.8 Å². The van der Waals surface area contributed by atoms with Crippen molar-refractivity contribution in [3.63, 3.8) is 0 Å². The molecule has 0 aromatic heterocycles. The molecule has 0 bridgehead atoms. The number of anilines is 1. The maximum atomic E-state index is 12.6. The summed E-state index contributed by atoms with van der Waals surface area (Å²) >= 11 is 13.0. The van der Waals surface area contributed by atoms with Gasteiger partial charge >= 0.3 is 0 Å². The third-order valence-corrected chi connectivity index (χ3v) is 4.39. The first-order chi connectivity index (χ1) is 9.90.